The van der Waals surface area contributed by atoms with Gasteiger partial charge in [-0.1, -0.05) is 0 Å². The number of pyridine rings is 1. The predicted molar refractivity (Wildman–Crippen MR) is 122 cm³/mol. The van der Waals surface area contributed by atoms with Crippen LogP contribution in [0, 0.1) is 20.8 Å². The first-order valence-corrected chi connectivity index (χ1v) is 10.7. The average Bonchev–Trinajstić information content (AvgIpc) is 3.08. The Morgan fingerprint density at radius 1 is 0.903 bits per heavy atom. The number of nitrogens with zero attached hydrogens (tertiary/aromatic N) is 6. The molecular weight excluding hydrogens is 390 g/mol. The summed E-state index contributed by atoms with van der Waals surface area (Å²) in [6, 6.07) is 6.42. The van der Waals surface area contributed by atoms with E-state index in [4.69, 9.17) is 4.98 Å². The SMILES string of the molecule is Cc1cn2nc(-c3cc(=O)n4cc(N5CC(C)NC(C)C5)cc(C)c4n3)cc(C)c2n1. The fourth-order valence-electron chi connectivity index (χ4n) is 4.56. The van der Waals surface area contributed by atoms with Gasteiger partial charge in [0.1, 0.15) is 11.3 Å². The first-order valence-electron chi connectivity index (χ1n) is 10.7. The van der Waals surface area contributed by atoms with E-state index in [1.54, 1.807) is 15.0 Å². The molecule has 0 aliphatic carbocycles. The van der Waals surface area contributed by atoms with E-state index >= 15 is 0 Å². The first-order chi connectivity index (χ1) is 14.8. The smallest absolute Gasteiger partial charge is 0.258 e. The molecule has 2 atom stereocenters. The molecule has 1 aliphatic heterocycles. The van der Waals surface area contributed by atoms with E-state index < -0.39 is 0 Å². The van der Waals surface area contributed by atoms with E-state index in [1.165, 1.54) is 0 Å². The minimum atomic E-state index is -0.109. The maximum atomic E-state index is 13.1. The van der Waals surface area contributed by atoms with Gasteiger partial charge in [-0.15, -0.1) is 0 Å². The first kappa shape index (κ1) is 19.7. The molecule has 0 bridgehead atoms. The van der Waals surface area contributed by atoms with Crippen molar-refractivity contribution >= 4 is 17.0 Å². The number of nitrogens with one attached hydrogen (secondary N) is 1. The van der Waals surface area contributed by atoms with Crippen molar-refractivity contribution in [2.75, 3.05) is 18.0 Å². The zero-order valence-corrected chi connectivity index (χ0v) is 18.5. The van der Waals surface area contributed by atoms with Crippen LogP contribution >= 0.6 is 0 Å². The van der Waals surface area contributed by atoms with Crippen molar-refractivity contribution in [3.63, 3.8) is 0 Å². The molecule has 0 radical (unpaired) electrons. The summed E-state index contributed by atoms with van der Waals surface area (Å²) in [5.74, 6) is 0. The van der Waals surface area contributed by atoms with Gasteiger partial charge < -0.3 is 10.2 Å². The van der Waals surface area contributed by atoms with Crippen LogP contribution in [0.5, 0.6) is 0 Å². The number of hydrogen-bond donors (Lipinski definition) is 1. The highest BCUT2D eigenvalue weighted by molar-refractivity contribution is 5.64. The summed E-state index contributed by atoms with van der Waals surface area (Å²) >= 11 is 0. The molecule has 1 saturated heterocycles. The van der Waals surface area contributed by atoms with Crippen LogP contribution in [-0.4, -0.2) is 49.2 Å². The highest BCUT2D eigenvalue weighted by Gasteiger charge is 2.22. The van der Waals surface area contributed by atoms with Gasteiger partial charge in [-0.2, -0.15) is 5.10 Å². The largest absolute Gasteiger partial charge is 0.367 e. The molecule has 0 aromatic carbocycles. The normalized spacial score (nSPS) is 19.5. The van der Waals surface area contributed by atoms with Gasteiger partial charge >= 0.3 is 0 Å². The summed E-state index contributed by atoms with van der Waals surface area (Å²) in [7, 11) is 0. The number of anilines is 1. The Balaban J connectivity index is 1.62. The van der Waals surface area contributed by atoms with E-state index in [-0.39, 0.29) is 5.56 Å². The second kappa shape index (κ2) is 7.16. The van der Waals surface area contributed by atoms with Crippen LogP contribution in [0.2, 0.25) is 0 Å². The van der Waals surface area contributed by atoms with Gasteiger partial charge in [0, 0.05) is 37.4 Å². The lowest BCUT2D eigenvalue weighted by atomic mass is 10.1. The lowest BCUT2D eigenvalue weighted by Gasteiger charge is -2.37. The Bertz CT molecular complexity index is 1360. The number of imidazole rings is 1. The van der Waals surface area contributed by atoms with E-state index in [2.05, 4.69) is 40.2 Å². The summed E-state index contributed by atoms with van der Waals surface area (Å²) in [5.41, 5.74) is 6.51. The van der Waals surface area contributed by atoms with Gasteiger partial charge in [-0.05, 0) is 57.9 Å². The monoisotopic (exact) mass is 417 g/mol. The number of aromatic nitrogens is 5. The Hall–Kier alpha value is -3.26. The van der Waals surface area contributed by atoms with Gasteiger partial charge in [0.15, 0.2) is 5.65 Å². The van der Waals surface area contributed by atoms with Gasteiger partial charge in [0.2, 0.25) is 0 Å². The quantitative estimate of drug-likeness (QED) is 0.540. The minimum Gasteiger partial charge on any atom is -0.367 e. The molecule has 0 saturated carbocycles. The predicted octanol–water partition coefficient (Wildman–Crippen LogP) is 2.52. The van der Waals surface area contributed by atoms with Gasteiger partial charge in [-0.25, -0.2) is 14.5 Å². The zero-order valence-electron chi connectivity index (χ0n) is 18.5. The van der Waals surface area contributed by atoms with Crippen LogP contribution in [0.3, 0.4) is 0 Å². The van der Waals surface area contributed by atoms with Crippen LogP contribution in [0.15, 0.2) is 35.4 Å². The molecule has 2 unspecified atom stereocenters. The van der Waals surface area contributed by atoms with E-state index in [0.29, 0.717) is 29.1 Å². The molecule has 1 aliphatic rings. The molecule has 0 amide bonds. The Morgan fingerprint density at radius 3 is 2.35 bits per heavy atom. The van der Waals surface area contributed by atoms with Crippen molar-refractivity contribution < 1.29 is 0 Å². The van der Waals surface area contributed by atoms with E-state index in [1.807, 2.05) is 39.2 Å². The minimum absolute atomic E-state index is 0.109. The molecular formula is C23H27N7O. The third-order valence-electron chi connectivity index (χ3n) is 5.85. The van der Waals surface area contributed by atoms with Crippen molar-refractivity contribution in [2.45, 2.75) is 46.7 Å². The fourth-order valence-corrected chi connectivity index (χ4v) is 4.56. The van der Waals surface area contributed by atoms with Crippen LogP contribution in [0.4, 0.5) is 5.69 Å². The molecule has 8 heteroatoms. The number of aryl methyl sites for hydroxylation is 3. The van der Waals surface area contributed by atoms with E-state index in [9.17, 15) is 4.79 Å². The lowest BCUT2D eigenvalue weighted by molar-refractivity contribution is 0.406. The highest BCUT2D eigenvalue weighted by Crippen LogP contribution is 2.23. The molecule has 31 heavy (non-hydrogen) atoms. The second-order valence-corrected chi connectivity index (χ2v) is 8.79. The lowest BCUT2D eigenvalue weighted by Crippen LogP contribution is -2.54. The molecule has 1 N–H and O–H groups in total. The molecule has 5 rings (SSSR count). The fraction of sp³-hybridized carbons (Fsp3) is 0.391. The molecule has 160 valence electrons. The topological polar surface area (TPSA) is 79.8 Å². The molecule has 4 aromatic rings. The maximum absolute atomic E-state index is 13.1. The number of hydrogen-bond acceptors (Lipinski definition) is 6. The highest BCUT2D eigenvalue weighted by atomic mass is 16.1. The van der Waals surface area contributed by atoms with Crippen molar-refractivity contribution in [2.24, 2.45) is 0 Å². The third kappa shape index (κ3) is 3.46. The summed E-state index contributed by atoms with van der Waals surface area (Å²) in [4.78, 5) is 24.7. The van der Waals surface area contributed by atoms with Gasteiger partial charge in [0.25, 0.3) is 5.56 Å². The van der Waals surface area contributed by atoms with Crippen LogP contribution < -0.4 is 15.8 Å². The number of piperazine rings is 1. The van der Waals surface area contributed by atoms with Gasteiger partial charge in [0.05, 0.1) is 23.3 Å². The number of fused-ring (bicyclic) bond motifs is 2. The van der Waals surface area contributed by atoms with Crippen LogP contribution in [0.25, 0.3) is 22.7 Å². The molecule has 0 spiro atoms. The van der Waals surface area contributed by atoms with E-state index in [0.717, 1.165) is 41.2 Å². The summed E-state index contributed by atoms with van der Waals surface area (Å²) in [6.07, 6.45) is 3.79. The number of rotatable bonds is 2. The Labute approximate surface area is 180 Å². The molecule has 4 aromatic heterocycles. The zero-order chi connectivity index (χ0) is 21.9. The maximum Gasteiger partial charge on any atom is 0.258 e. The Morgan fingerprint density at radius 2 is 1.61 bits per heavy atom. The molecule has 5 heterocycles. The second-order valence-electron chi connectivity index (χ2n) is 8.79. The summed E-state index contributed by atoms with van der Waals surface area (Å²) in [6.45, 7) is 12.1. The Kier molecular flexibility index (Phi) is 4.55. The standard InChI is InChI=1S/C23H27N7O/c1-13-6-18(28-9-15(3)24-16(4)10-28)12-29-21(31)8-19(26-22(13)29)20-7-14(2)23-25-17(5)11-30(23)27-20/h6-8,11-12,15-16,24H,9-10H2,1-5H3. The molecule has 8 nitrogen and oxygen atoms in total. The van der Waals surface area contributed by atoms with Crippen LogP contribution in [-0.2, 0) is 0 Å². The summed E-state index contributed by atoms with van der Waals surface area (Å²) < 4.78 is 3.41. The van der Waals surface area contributed by atoms with Crippen molar-refractivity contribution in [1.82, 2.24) is 29.3 Å². The summed E-state index contributed by atoms with van der Waals surface area (Å²) in [5, 5.41) is 8.19. The van der Waals surface area contributed by atoms with Crippen molar-refractivity contribution in [1.29, 1.82) is 0 Å². The van der Waals surface area contributed by atoms with Crippen LogP contribution in [0.1, 0.15) is 30.7 Å². The van der Waals surface area contributed by atoms with Gasteiger partial charge in [-0.3, -0.25) is 9.20 Å². The third-order valence-corrected chi connectivity index (χ3v) is 5.85. The molecule has 1 fully saturated rings. The average molecular weight is 418 g/mol. The van der Waals surface area contributed by atoms with Crippen molar-refractivity contribution in [3.05, 3.63) is 57.8 Å². The van der Waals surface area contributed by atoms with Crippen molar-refractivity contribution in [3.8, 4) is 11.4 Å².